The summed E-state index contributed by atoms with van der Waals surface area (Å²) in [6.45, 7) is 0.973. The maximum Gasteiger partial charge on any atom is 0.134 e. The molecule has 1 heterocycles. The van der Waals surface area contributed by atoms with Gasteiger partial charge in [0.05, 0.1) is 6.61 Å². The van der Waals surface area contributed by atoms with Gasteiger partial charge in [0.2, 0.25) is 0 Å². The van der Waals surface area contributed by atoms with Crippen molar-refractivity contribution in [2.75, 3.05) is 18.1 Å². The van der Waals surface area contributed by atoms with Crippen molar-refractivity contribution in [3.05, 3.63) is 22.3 Å². The maximum atomic E-state index is 9.45. The van der Waals surface area contributed by atoms with Crippen LogP contribution in [0.1, 0.15) is 31.2 Å². The Bertz CT molecular complexity index is 397. The Morgan fingerprint density at radius 3 is 2.72 bits per heavy atom. The number of nitrogens with zero attached hydrogens (tertiary/aromatic N) is 2. The maximum absolute atomic E-state index is 9.45. The molecule has 0 amide bonds. The molecule has 0 radical (unpaired) electrons. The van der Waals surface area contributed by atoms with Crippen LogP contribution >= 0.6 is 15.9 Å². The predicted octanol–water partition coefficient (Wildman–Crippen LogP) is 2.08. The van der Waals surface area contributed by atoms with Crippen molar-refractivity contribution in [2.45, 2.75) is 38.3 Å². The van der Waals surface area contributed by atoms with Crippen molar-refractivity contribution in [3.8, 4) is 0 Å². The van der Waals surface area contributed by atoms with Crippen LogP contribution in [0.4, 0.5) is 5.82 Å². The summed E-state index contributed by atoms with van der Waals surface area (Å²) in [5.74, 6) is 0.860. The van der Waals surface area contributed by atoms with Crippen molar-refractivity contribution in [1.82, 2.24) is 4.98 Å². The quantitative estimate of drug-likeness (QED) is 0.844. The molecule has 0 aromatic carbocycles. The third-order valence-electron chi connectivity index (χ3n) is 3.42. The first-order valence-electron chi connectivity index (χ1n) is 6.39. The fourth-order valence-corrected chi connectivity index (χ4v) is 2.63. The Balaban J connectivity index is 2.22. The highest BCUT2D eigenvalue weighted by Crippen LogP contribution is 2.31. The lowest BCUT2D eigenvalue weighted by Crippen LogP contribution is -2.42. The number of halogens is 1. The molecule has 1 aromatic rings. The van der Waals surface area contributed by atoms with Gasteiger partial charge in [-0.2, -0.15) is 0 Å². The minimum absolute atomic E-state index is 0.00980. The highest BCUT2D eigenvalue weighted by atomic mass is 79.9. The topological polar surface area (TPSA) is 56.6 Å². The van der Waals surface area contributed by atoms with Gasteiger partial charge in [-0.1, -0.05) is 0 Å². The highest BCUT2D eigenvalue weighted by molar-refractivity contribution is 9.10. The van der Waals surface area contributed by atoms with Gasteiger partial charge in [0, 0.05) is 35.4 Å². The van der Waals surface area contributed by atoms with Gasteiger partial charge in [-0.15, -0.1) is 0 Å². The van der Waals surface area contributed by atoms with Crippen molar-refractivity contribution in [3.63, 3.8) is 0 Å². The van der Waals surface area contributed by atoms with Crippen LogP contribution in [0.2, 0.25) is 0 Å². The number of aliphatic hydroxyl groups excluding tert-OH is 2. The van der Waals surface area contributed by atoms with Crippen LogP contribution in [-0.2, 0) is 6.61 Å². The van der Waals surface area contributed by atoms with Crippen LogP contribution in [0.15, 0.2) is 16.7 Å². The summed E-state index contributed by atoms with van der Waals surface area (Å²) in [6.07, 6.45) is 6.10. The zero-order valence-corrected chi connectivity index (χ0v) is 11.9. The number of hydrogen-bond acceptors (Lipinski definition) is 4. The fraction of sp³-hybridized carbons (Fsp3) is 0.615. The number of pyridine rings is 1. The smallest absolute Gasteiger partial charge is 0.134 e. The van der Waals surface area contributed by atoms with E-state index in [2.05, 4.69) is 25.8 Å². The second-order valence-corrected chi connectivity index (χ2v) is 5.57. The van der Waals surface area contributed by atoms with Gasteiger partial charge in [0.15, 0.2) is 0 Å². The molecule has 1 aliphatic rings. The SMILES string of the molecule is OCCCN(c1ncc(Br)cc1CO)C1CCC1. The lowest BCUT2D eigenvalue weighted by atomic mass is 9.91. The van der Waals surface area contributed by atoms with Crippen molar-refractivity contribution >= 4 is 21.7 Å². The van der Waals surface area contributed by atoms with Crippen LogP contribution < -0.4 is 4.90 Å². The molecule has 18 heavy (non-hydrogen) atoms. The second kappa shape index (κ2) is 6.50. The largest absolute Gasteiger partial charge is 0.396 e. The molecule has 100 valence electrons. The van der Waals surface area contributed by atoms with E-state index in [1.807, 2.05) is 6.07 Å². The van der Waals surface area contributed by atoms with E-state index < -0.39 is 0 Å². The number of aliphatic hydroxyl groups is 2. The van der Waals surface area contributed by atoms with E-state index in [-0.39, 0.29) is 13.2 Å². The van der Waals surface area contributed by atoms with E-state index >= 15 is 0 Å². The van der Waals surface area contributed by atoms with Gasteiger partial charge in [-0.3, -0.25) is 0 Å². The van der Waals surface area contributed by atoms with Crippen molar-refractivity contribution in [2.24, 2.45) is 0 Å². The normalized spacial score (nSPS) is 15.5. The van der Waals surface area contributed by atoms with Crippen LogP contribution in [0.5, 0.6) is 0 Å². The average Bonchev–Trinajstić information content (AvgIpc) is 2.32. The molecule has 4 nitrogen and oxygen atoms in total. The zero-order chi connectivity index (χ0) is 13.0. The molecule has 0 bridgehead atoms. The summed E-state index contributed by atoms with van der Waals surface area (Å²) in [5.41, 5.74) is 0.842. The molecule has 1 aliphatic carbocycles. The Kier molecular flexibility index (Phi) is 4.97. The van der Waals surface area contributed by atoms with E-state index in [0.29, 0.717) is 6.04 Å². The van der Waals surface area contributed by atoms with E-state index in [1.165, 1.54) is 19.3 Å². The molecule has 0 aliphatic heterocycles. The van der Waals surface area contributed by atoms with Gasteiger partial charge >= 0.3 is 0 Å². The van der Waals surface area contributed by atoms with Gasteiger partial charge in [0.1, 0.15) is 5.82 Å². The molecule has 2 rings (SSSR count). The summed E-state index contributed by atoms with van der Waals surface area (Å²) in [6, 6.07) is 2.42. The third kappa shape index (κ3) is 3.02. The summed E-state index contributed by atoms with van der Waals surface area (Å²) in [7, 11) is 0. The summed E-state index contributed by atoms with van der Waals surface area (Å²) in [4.78, 5) is 6.68. The lowest BCUT2D eigenvalue weighted by molar-refractivity contribution is 0.276. The zero-order valence-electron chi connectivity index (χ0n) is 10.3. The van der Waals surface area contributed by atoms with Crippen LogP contribution in [-0.4, -0.2) is 34.4 Å². The number of aromatic nitrogens is 1. The molecule has 0 unspecified atom stereocenters. The van der Waals surface area contributed by atoms with Gasteiger partial charge in [-0.05, 0) is 47.7 Å². The van der Waals surface area contributed by atoms with Gasteiger partial charge in [0.25, 0.3) is 0 Å². The molecule has 1 aromatic heterocycles. The molecule has 0 spiro atoms. The Morgan fingerprint density at radius 2 is 2.17 bits per heavy atom. The highest BCUT2D eigenvalue weighted by Gasteiger charge is 2.27. The molecule has 1 saturated carbocycles. The minimum atomic E-state index is -0.00980. The van der Waals surface area contributed by atoms with Crippen molar-refractivity contribution in [1.29, 1.82) is 0 Å². The Hall–Kier alpha value is -0.650. The molecular formula is C13H19BrN2O2. The van der Waals surface area contributed by atoms with E-state index in [1.54, 1.807) is 6.20 Å². The van der Waals surface area contributed by atoms with E-state index in [0.717, 1.165) is 28.8 Å². The second-order valence-electron chi connectivity index (χ2n) is 4.65. The standard InChI is InChI=1S/C13H19BrN2O2/c14-11-7-10(9-18)13(15-8-11)16(5-2-6-17)12-3-1-4-12/h7-8,12,17-18H,1-6,9H2. The molecule has 0 saturated heterocycles. The molecule has 1 fully saturated rings. The third-order valence-corrected chi connectivity index (χ3v) is 3.86. The molecular weight excluding hydrogens is 296 g/mol. The average molecular weight is 315 g/mol. The monoisotopic (exact) mass is 314 g/mol. The number of anilines is 1. The number of rotatable bonds is 6. The lowest BCUT2D eigenvalue weighted by Gasteiger charge is -2.39. The Morgan fingerprint density at radius 1 is 1.39 bits per heavy atom. The number of hydrogen-bond donors (Lipinski definition) is 2. The first-order valence-corrected chi connectivity index (χ1v) is 7.18. The molecule has 2 N–H and O–H groups in total. The van der Waals surface area contributed by atoms with Crippen LogP contribution in [0.25, 0.3) is 0 Å². The Labute approximate surface area is 116 Å². The van der Waals surface area contributed by atoms with Gasteiger partial charge in [-0.25, -0.2) is 4.98 Å². The van der Waals surface area contributed by atoms with E-state index in [9.17, 15) is 5.11 Å². The summed E-state index contributed by atoms with van der Waals surface area (Å²) >= 11 is 3.37. The van der Waals surface area contributed by atoms with Crippen LogP contribution in [0.3, 0.4) is 0 Å². The van der Waals surface area contributed by atoms with Gasteiger partial charge < -0.3 is 15.1 Å². The molecule has 0 atom stereocenters. The summed E-state index contributed by atoms with van der Waals surface area (Å²) < 4.78 is 0.881. The predicted molar refractivity (Wildman–Crippen MR) is 74.5 cm³/mol. The van der Waals surface area contributed by atoms with Crippen molar-refractivity contribution < 1.29 is 10.2 Å². The summed E-state index contributed by atoms with van der Waals surface area (Å²) in [5, 5.41) is 18.5. The first-order chi connectivity index (χ1) is 8.76. The van der Waals surface area contributed by atoms with E-state index in [4.69, 9.17) is 5.11 Å². The first kappa shape index (κ1) is 13.8. The van der Waals surface area contributed by atoms with Crippen LogP contribution in [0, 0.1) is 0 Å². The molecule has 5 heteroatoms. The fourth-order valence-electron chi connectivity index (χ4n) is 2.25. The minimum Gasteiger partial charge on any atom is -0.396 e.